The summed E-state index contributed by atoms with van der Waals surface area (Å²) in [5.74, 6) is -0.375. The van der Waals surface area contributed by atoms with Crippen molar-refractivity contribution in [3.05, 3.63) is 70.2 Å². The fraction of sp³-hybridized carbons (Fsp3) is 0.409. The predicted octanol–water partition coefficient (Wildman–Crippen LogP) is 5.49. The summed E-state index contributed by atoms with van der Waals surface area (Å²) in [6.45, 7) is 3.48. The van der Waals surface area contributed by atoms with Crippen LogP contribution >= 0.6 is 23.4 Å². The van der Waals surface area contributed by atoms with Crippen molar-refractivity contribution in [3.63, 3.8) is 0 Å². The van der Waals surface area contributed by atoms with E-state index in [0.29, 0.717) is 18.1 Å². The lowest BCUT2D eigenvalue weighted by Gasteiger charge is -2.29. The van der Waals surface area contributed by atoms with E-state index in [9.17, 15) is 13.6 Å². The summed E-state index contributed by atoms with van der Waals surface area (Å²) >= 11 is 8.03. The molecule has 0 bridgehead atoms. The minimum atomic E-state index is -0.579. The van der Waals surface area contributed by atoms with Crippen molar-refractivity contribution < 1.29 is 13.6 Å². The number of thioether (sulfide) groups is 1. The molecule has 1 atom stereocenters. The van der Waals surface area contributed by atoms with Crippen LogP contribution in [0.1, 0.15) is 36.3 Å². The van der Waals surface area contributed by atoms with E-state index in [1.54, 1.807) is 11.8 Å². The van der Waals surface area contributed by atoms with Crippen molar-refractivity contribution in [2.24, 2.45) is 0 Å². The third kappa shape index (κ3) is 5.50. The summed E-state index contributed by atoms with van der Waals surface area (Å²) in [4.78, 5) is 16.8. The van der Waals surface area contributed by atoms with E-state index in [1.165, 1.54) is 18.2 Å². The molecule has 0 aromatic heterocycles. The number of benzene rings is 2. The van der Waals surface area contributed by atoms with Crippen LogP contribution < -0.4 is 0 Å². The molecule has 1 amide bonds. The average Bonchev–Trinajstić information content (AvgIpc) is 3.19. The van der Waals surface area contributed by atoms with Crippen molar-refractivity contribution in [2.75, 3.05) is 25.4 Å². The molecule has 2 aromatic carbocycles. The Morgan fingerprint density at radius 2 is 1.93 bits per heavy atom. The highest BCUT2D eigenvalue weighted by molar-refractivity contribution is 7.99. The number of rotatable bonds is 8. The van der Waals surface area contributed by atoms with Crippen LogP contribution in [0.2, 0.25) is 5.02 Å². The standard InChI is InChI=1S/C22H25ClF2N2OS/c1-2-3-11-26(14-17-19(24)9-6-10-20(17)25)15-21(28)27-12-13-29-22(27)16-7-4-5-8-18(16)23/h4-10,22H,2-3,11-15H2,1H3. The van der Waals surface area contributed by atoms with Crippen molar-refractivity contribution in [1.29, 1.82) is 0 Å². The number of carbonyl (C=O) groups excluding carboxylic acids is 1. The van der Waals surface area contributed by atoms with Crippen LogP contribution in [0.3, 0.4) is 0 Å². The lowest BCUT2D eigenvalue weighted by atomic mass is 10.1. The maximum atomic E-state index is 14.1. The van der Waals surface area contributed by atoms with Crippen molar-refractivity contribution in [3.8, 4) is 0 Å². The van der Waals surface area contributed by atoms with Gasteiger partial charge in [0.05, 0.1) is 6.54 Å². The Balaban J connectivity index is 1.74. The molecule has 0 aliphatic carbocycles. The van der Waals surface area contributed by atoms with Crippen LogP contribution in [-0.2, 0) is 11.3 Å². The van der Waals surface area contributed by atoms with E-state index in [2.05, 4.69) is 0 Å². The third-order valence-corrected chi connectivity index (χ3v) is 6.60. The fourth-order valence-corrected chi connectivity index (χ4v) is 5.06. The minimum Gasteiger partial charge on any atom is -0.325 e. The molecule has 0 spiro atoms. The summed E-state index contributed by atoms with van der Waals surface area (Å²) in [5, 5.41) is 0.510. The number of nitrogens with zero attached hydrogens (tertiary/aromatic N) is 2. The summed E-state index contributed by atoms with van der Waals surface area (Å²) in [5.41, 5.74) is 0.931. The monoisotopic (exact) mass is 438 g/mol. The zero-order valence-corrected chi connectivity index (χ0v) is 18.0. The van der Waals surface area contributed by atoms with E-state index in [-0.39, 0.29) is 29.9 Å². The summed E-state index contributed by atoms with van der Waals surface area (Å²) < 4.78 is 28.2. The molecule has 1 unspecified atom stereocenters. The number of unbranched alkanes of at least 4 members (excludes halogenated alkanes) is 1. The van der Waals surface area contributed by atoms with E-state index in [4.69, 9.17) is 11.6 Å². The third-order valence-electron chi connectivity index (χ3n) is 5.01. The molecular formula is C22H25ClF2N2OS. The van der Waals surface area contributed by atoms with Crippen LogP contribution in [-0.4, -0.2) is 41.1 Å². The van der Waals surface area contributed by atoms with E-state index < -0.39 is 11.6 Å². The molecule has 1 aliphatic rings. The largest absolute Gasteiger partial charge is 0.325 e. The highest BCUT2D eigenvalue weighted by Gasteiger charge is 2.32. The molecule has 1 saturated heterocycles. The Labute approximate surface area is 180 Å². The Bertz CT molecular complexity index is 831. The van der Waals surface area contributed by atoms with Gasteiger partial charge < -0.3 is 4.90 Å². The minimum absolute atomic E-state index is 0.00912. The molecule has 0 saturated carbocycles. The average molecular weight is 439 g/mol. The second-order valence-corrected chi connectivity index (χ2v) is 8.69. The van der Waals surface area contributed by atoms with Gasteiger partial charge in [0, 0.05) is 35.0 Å². The van der Waals surface area contributed by atoms with Gasteiger partial charge in [0.2, 0.25) is 5.91 Å². The Hall–Kier alpha value is -1.63. The first-order valence-electron chi connectivity index (χ1n) is 9.82. The smallest absolute Gasteiger partial charge is 0.237 e. The van der Waals surface area contributed by atoms with Gasteiger partial charge in [0.1, 0.15) is 17.0 Å². The molecule has 3 nitrogen and oxygen atoms in total. The summed E-state index contributed by atoms with van der Waals surface area (Å²) in [6, 6.07) is 11.4. The fourth-order valence-electron chi connectivity index (χ4n) is 3.44. The molecule has 1 heterocycles. The number of hydrogen-bond donors (Lipinski definition) is 0. The highest BCUT2D eigenvalue weighted by Crippen LogP contribution is 2.40. The van der Waals surface area contributed by atoms with E-state index >= 15 is 0 Å². The Morgan fingerprint density at radius 1 is 1.21 bits per heavy atom. The zero-order valence-electron chi connectivity index (χ0n) is 16.4. The molecular weight excluding hydrogens is 414 g/mol. The van der Waals surface area contributed by atoms with Gasteiger partial charge in [-0.05, 0) is 31.2 Å². The first-order chi connectivity index (χ1) is 14.0. The molecule has 2 aromatic rings. The zero-order chi connectivity index (χ0) is 20.8. The number of amides is 1. The maximum absolute atomic E-state index is 14.1. The lowest BCUT2D eigenvalue weighted by molar-refractivity contribution is -0.132. The van der Waals surface area contributed by atoms with E-state index in [0.717, 1.165) is 24.2 Å². The Kier molecular flexibility index (Phi) is 7.92. The van der Waals surface area contributed by atoms with Gasteiger partial charge in [-0.2, -0.15) is 0 Å². The van der Waals surface area contributed by atoms with Crippen LogP contribution in [0.4, 0.5) is 8.78 Å². The lowest BCUT2D eigenvalue weighted by Crippen LogP contribution is -2.40. The molecule has 1 fully saturated rings. The molecule has 29 heavy (non-hydrogen) atoms. The maximum Gasteiger partial charge on any atom is 0.237 e. The van der Waals surface area contributed by atoms with E-state index in [1.807, 2.05) is 41.0 Å². The first-order valence-corrected chi connectivity index (χ1v) is 11.2. The van der Waals surface area contributed by atoms with Crippen molar-refractivity contribution >= 4 is 29.3 Å². The van der Waals surface area contributed by atoms with Crippen LogP contribution in [0, 0.1) is 11.6 Å². The van der Waals surface area contributed by atoms with Gasteiger partial charge in [-0.15, -0.1) is 11.8 Å². The van der Waals surface area contributed by atoms with Gasteiger partial charge >= 0.3 is 0 Å². The topological polar surface area (TPSA) is 23.6 Å². The molecule has 156 valence electrons. The van der Waals surface area contributed by atoms with Crippen LogP contribution in [0.25, 0.3) is 0 Å². The number of carbonyl (C=O) groups is 1. The van der Waals surface area contributed by atoms with Crippen LogP contribution in [0.5, 0.6) is 0 Å². The normalized spacial score (nSPS) is 16.6. The molecule has 7 heteroatoms. The van der Waals surface area contributed by atoms with Gasteiger partial charge in [-0.1, -0.05) is 49.2 Å². The second-order valence-electron chi connectivity index (χ2n) is 7.10. The molecule has 3 rings (SSSR count). The second kappa shape index (κ2) is 10.4. The van der Waals surface area contributed by atoms with Crippen molar-refractivity contribution in [2.45, 2.75) is 31.7 Å². The van der Waals surface area contributed by atoms with Gasteiger partial charge in [-0.25, -0.2) is 8.78 Å². The SMILES string of the molecule is CCCCN(CC(=O)N1CCSC1c1ccccc1Cl)Cc1c(F)cccc1F. The van der Waals surface area contributed by atoms with Gasteiger partial charge in [0.25, 0.3) is 0 Å². The van der Waals surface area contributed by atoms with Crippen molar-refractivity contribution in [1.82, 2.24) is 9.80 Å². The molecule has 0 radical (unpaired) electrons. The predicted molar refractivity (Wildman–Crippen MR) is 115 cm³/mol. The van der Waals surface area contributed by atoms with Gasteiger partial charge in [0.15, 0.2) is 0 Å². The quantitative estimate of drug-likeness (QED) is 0.544. The summed E-state index contributed by atoms with van der Waals surface area (Å²) in [7, 11) is 0. The highest BCUT2D eigenvalue weighted by atomic mass is 35.5. The van der Waals surface area contributed by atoms with Gasteiger partial charge in [-0.3, -0.25) is 9.69 Å². The summed E-state index contributed by atoms with van der Waals surface area (Å²) in [6.07, 6.45) is 1.79. The first kappa shape index (κ1) is 22.1. The molecule has 1 aliphatic heterocycles. The Morgan fingerprint density at radius 3 is 2.62 bits per heavy atom. The molecule has 0 N–H and O–H groups in total. The number of halogens is 3. The number of hydrogen-bond acceptors (Lipinski definition) is 3. The van der Waals surface area contributed by atoms with Crippen LogP contribution in [0.15, 0.2) is 42.5 Å².